The molecule has 0 amide bonds. The molecule has 0 radical (unpaired) electrons. The summed E-state index contributed by atoms with van der Waals surface area (Å²) in [6, 6.07) is 6.48. The number of hydrogen-bond donors (Lipinski definition) is 2. The first-order chi connectivity index (χ1) is 9.24. The van der Waals surface area contributed by atoms with Crippen molar-refractivity contribution in [1.82, 2.24) is 10.6 Å². The van der Waals surface area contributed by atoms with E-state index in [2.05, 4.69) is 38.7 Å². The molecule has 1 aliphatic heterocycles. The van der Waals surface area contributed by atoms with Crippen molar-refractivity contribution in [3.8, 4) is 5.75 Å². The van der Waals surface area contributed by atoms with Crippen LogP contribution in [0.2, 0.25) is 0 Å². The van der Waals surface area contributed by atoms with Gasteiger partial charge in [0.15, 0.2) is 0 Å². The summed E-state index contributed by atoms with van der Waals surface area (Å²) >= 11 is 3.53. The van der Waals surface area contributed by atoms with Crippen LogP contribution in [0.25, 0.3) is 0 Å². The fraction of sp³-hybridized carbons (Fsp3) is 0.571. The van der Waals surface area contributed by atoms with Gasteiger partial charge >= 0.3 is 0 Å². The van der Waals surface area contributed by atoms with Crippen molar-refractivity contribution in [2.75, 3.05) is 33.9 Å². The molecule has 1 aromatic rings. The molecular formula is C14H21BrN2O2. The van der Waals surface area contributed by atoms with E-state index in [4.69, 9.17) is 9.47 Å². The fourth-order valence-corrected chi connectivity index (χ4v) is 2.91. The fourth-order valence-electron chi connectivity index (χ4n) is 2.35. The van der Waals surface area contributed by atoms with Gasteiger partial charge in [-0.3, -0.25) is 0 Å². The predicted molar refractivity (Wildman–Crippen MR) is 79.7 cm³/mol. The van der Waals surface area contributed by atoms with E-state index in [1.807, 2.05) is 13.1 Å². The Morgan fingerprint density at radius 2 is 2.42 bits per heavy atom. The molecule has 1 aliphatic rings. The second-order valence-electron chi connectivity index (χ2n) is 4.67. The van der Waals surface area contributed by atoms with E-state index in [-0.39, 0.29) is 12.1 Å². The van der Waals surface area contributed by atoms with E-state index in [0.29, 0.717) is 0 Å². The summed E-state index contributed by atoms with van der Waals surface area (Å²) in [4.78, 5) is 0. The van der Waals surface area contributed by atoms with Gasteiger partial charge in [0.05, 0.1) is 24.3 Å². The molecule has 0 bridgehead atoms. The molecule has 1 aromatic carbocycles. The van der Waals surface area contributed by atoms with Gasteiger partial charge in [-0.2, -0.15) is 0 Å². The molecule has 2 unspecified atom stereocenters. The summed E-state index contributed by atoms with van der Waals surface area (Å²) in [7, 11) is 3.66. The topological polar surface area (TPSA) is 42.5 Å². The second-order valence-corrected chi connectivity index (χ2v) is 5.52. The second kappa shape index (κ2) is 7.24. The van der Waals surface area contributed by atoms with Crippen LogP contribution >= 0.6 is 15.9 Å². The van der Waals surface area contributed by atoms with Crippen LogP contribution in [-0.2, 0) is 4.74 Å². The van der Waals surface area contributed by atoms with Crippen molar-refractivity contribution in [3.05, 3.63) is 28.2 Å². The van der Waals surface area contributed by atoms with Gasteiger partial charge in [0.25, 0.3) is 0 Å². The summed E-state index contributed by atoms with van der Waals surface area (Å²) in [6.45, 7) is 2.68. The van der Waals surface area contributed by atoms with Crippen molar-refractivity contribution in [1.29, 1.82) is 0 Å². The van der Waals surface area contributed by atoms with Crippen molar-refractivity contribution in [3.63, 3.8) is 0 Å². The zero-order chi connectivity index (χ0) is 13.7. The third-order valence-corrected chi connectivity index (χ3v) is 4.05. The van der Waals surface area contributed by atoms with Gasteiger partial charge in [0.2, 0.25) is 0 Å². The molecule has 0 spiro atoms. The monoisotopic (exact) mass is 328 g/mol. The van der Waals surface area contributed by atoms with Crippen molar-refractivity contribution >= 4 is 15.9 Å². The molecule has 2 atom stereocenters. The molecule has 2 N–H and O–H groups in total. The Balaban J connectivity index is 2.05. The highest BCUT2D eigenvalue weighted by molar-refractivity contribution is 9.10. The normalized spacial score (nSPS) is 21.1. The summed E-state index contributed by atoms with van der Waals surface area (Å²) in [5, 5.41) is 6.72. The lowest BCUT2D eigenvalue weighted by molar-refractivity contribution is 0.0176. The molecule has 1 heterocycles. The SMILES string of the molecule is CNC(CC1CNCCO1)c1ccc(OC)c(Br)c1. The zero-order valence-electron chi connectivity index (χ0n) is 11.4. The first-order valence-electron chi connectivity index (χ1n) is 6.57. The minimum absolute atomic E-state index is 0.270. The highest BCUT2D eigenvalue weighted by atomic mass is 79.9. The van der Waals surface area contributed by atoms with Gasteiger partial charge in [0.1, 0.15) is 5.75 Å². The number of hydrogen-bond acceptors (Lipinski definition) is 4. The minimum Gasteiger partial charge on any atom is -0.496 e. The molecule has 106 valence electrons. The van der Waals surface area contributed by atoms with Crippen LogP contribution in [0.4, 0.5) is 0 Å². The molecule has 0 aromatic heterocycles. The van der Waals surface area contributed by atoms with Gasteiger partial charge in [-0.15, -0.1) is 0 Å². The largest absolute Gasteiger partial charge is 0.496 e. The molecule has 1 fully saturated rings. The van der Waals surface area contributed by atoms with Crippen LogP contribution in [0.3, 0.4) is 0 Å². The Bertz CT molecular complexity index is 408. The molecule has 5 heteroatoms. The molecule has 19 heavy (non-hydrogen) atoms. The van der Waals surface area contributed by atoms with Crippen LogP contribution < -0.4 is 15.4 Å². The number of halogens is 1. The quantitative estimate of drug-likeness (QED) is 0.868. The van der Waals surface area contributed by atoms with Crippen molar-refractivity contribution in [2.45, 2.75) is 18.6 Å². The van der Waals surface area contributed by atoms with Gasteiger partial charge in [0, 0.05) is 19.1 Å². The van der Waals surface area contributed by atoms with E-state index in [1.165, 1.54) is 5.56 Å². The number of nitrogens with one attached hydrogen (secondary N) is 2. The van der Waals surface area contributed by atoms with Crippen molar-refractivity contribution in [2.24, 2.45) is 0 Å². The summed E-state index contributed by atoms with van der Waals surface area (Å²) in [6.07, 6.45) is 1.23. The maximum Gasteiger partial charge on any atom is 0.133 e. The predicted octanol–water partition coefficient (Wildman–Crippen LogP) is 2.10. The average Bonchev–Trinajstić information content (AvgIpc) is 2.46. The first-order valence-corrected chi connectivity index (χ1v) is 7.37. The molecule has 4 nitrogen and oxygen atoms in total. The third-order valence-electron chi connectivity index (χ3n) is 3.43. The van der Waals surface area contributed by atoms with E-state index in [1.54, 1.807) is 7.11 Å². The lowest BCUT2D eigenvalue weighted by Gasteiger charge is -2.28. The van der Waals surface area contributed by atoms with Crippen LogP contribution in [0, 0.1) is 0 Å². The summed E-state index contributed by atoms with van der Waals surface area (Å²) in [5.74, 6) is 0.856. The lowest BCUT2D eigenvalue weighted by Crippen LogP contribution is -2.40. The minimum atomic E-state index is 0.270. The molecule has 0 aliphatic carbocycles. The number of morpholine rings is 1. The van der Waals surface area contributed by atoms with Crippen molar-refractivity contribution < 1.29 is 9.47 Å². The maximum atomic E-state index is 5.77. The Morgan fingerprint density at radius 3 is 3.00 bits per heavy atom. The molecule has 1 saturated heterocycles. The number of methoxy groups -OCH3 is 1. The van der Waals surface area contributed by atoms with E-state index in [0.717, 1.165) is 36.3 Å². The van der Waals surface area contributed by atoms with E-state index in [9.17, 15) is 0 Å². The highest BCUT2D eigenvalue weighted by Crippen LogP contribution is 2.29. The molecular weight excluding hydrogens is 308 g/mol. The maximum absolute atomic E-state index is 5.77. The summed E-state index contributed by atoms with van der Waals surface area (Å²) < 4.78 is 12.0. The van der Waals surface area contributed by atoms with Gasteiger partial charge < -0.3 is 20.1 Å². The van der Waals surface area contributed by atoms with E-state index >= 15 is 0 Å². The Labute approximate surface area is 123 Å². The number of ether oxygens (including phenoxy) is 2. The van der Waals surface area contributed by atoms with Gasteiger partial charge in [-0.05, 0) is 47.1 Å². The Kier molecular flexibility index (Phi) is 5.63. The highest BCUT2D eigenvalue weighted by Gasteiger charge is 2.20. The third kappa shape index (κ3) is 3.92. The first kappa shape index (κ1) is 14.8. The van der Waals surface area contributed by atoms with E-state index < -0.39 is 0 Å². The smallest absolute Gasteiger partial charge is 0.133 e. The molecule has 0 saturated carbocycles. The van der Waals surface area contributed by atoms with Crippen LogP contribution in [-0.4, -0.2) is 40.0 Å². The Hall–Kier alpha value is -0.620. The van der Waals surface area contributed by atoms with Gasteiger partial charge in [-0.1, -0.05) is 6.07 Å². The Morgan fingerprint density at radius 1 is 1.58 bits per heavy atom. The standard InChI is InChI=1S/C14H21BrN2O2/c1-16-13(8-11-9-17-5-6-19-11)10-3-4-14(18-2)12(15)7-10/h3-4,7,11,13,16-17H,5-6,8-9H2,1-2H3. The number of benzene rings is 1. The molecule has 2 rings (SSSR count). The van der Waals surface area contributed by atoms with Crippen LogP contribution in [0.15, 0.2) is 22.7 Å². The summed E-state index contributed by atoms with van der Waals surface area (Å²) in [5.41, 5.74) is 1.24. The number of rotatable bonds is 5. The lowest BCUT2D eigenvalue weighted by atomic mass is 10.00. The van der Waals surface area contributed by atoms with Crippen LogP contribution in [0.5, 0.6) is 5.75 Å². The van der Waals surface area contributed by atoms with Crippen LogP contribution in [0.1, 0.15) is 18.0 Å². The zero-order valence-corrected chi connectivity index (χ0v) is 13.0. The average molecular weight is 329 g/mol. The van der Waals surface area contributed by atoms with Gasteiger partial charge in [-0.25, -0.2) is 0 Å².